The number of anilines is 1. The number of rotatable bonds is 6. The Kier molecular flexibility index (Phi) is 9.58. The van der Waals surface area contributed by atoms with Gasteiger partial charge in [0, 0.05) is 64.5 Å². The van der Waals surface area contributed by atoms with E-state index in [0.717, 1.165) is 42.9 Å². The number of fused-ring (bicyclic) bond motifs is 1. The Morgan fingerprint density at radius 1 is 0.944 bits per heavy atom. The number of benzene rings is 1. The minimum Gasteiger partial charge on any atom is -0.481 e. The normalized spacial score (nSPS) is 16.0. The Bertz CT molecular complexity index is 1040. The van der Waals surface area contributed by atoms with Gasteiger partial charge in [0.05, 0.1) is 12.1 Å². The summed E-state index contributed by atoms with van der Waals surface area (Å²) < 4.78 is 0. The zero-order chi connectivity index (χ0) is 26.1. The molecule has 0 unspecified atom stereocenters. The Morgan fingerprint density at radius 3 is 2.31 bits per heavy atom. The van der Waals surface area contributed by atoms with Gasteiger partial charge >= 0.3 is 5.97 Å². The van der Waals surface area contributed by atoms with Crippen molar-refractivity contribution >= 4 is 23.5 Å². The smallest absolute Gasteiger partial charge is 0.303 e. The first-order valence-corrected chi connectivity index (χ1v) is 12.6. The van der Waals surface area contributed by atoms with Crippen LogP contribution in [0.15, 0.2) is 48.7 Å². The Balaban J connectivity index is 1.87. The molecule has 8 heteroatoms. The number of pyridine rings is 1. The van der Waals surface area contributed by atoms with E-state index in [0.29, 0.717) is 26.2 Å². The monoisotopic (exact) mass is 494 g/mol. The number of aliphatic carboxylic acids is 1. The van der Waals surface area contributed by atoms with Crippen LogP contribution in [0.2, 0.25) is 0 Å². The first-order valence-electron chi connectivity index (χ1n) is 12.6. The third kappa shape index (κ3) is 8.16. The largest absolute Gasteiger partial charge is 0.481 e. The highest BCUT2D eigenvalue weighted by Crippen LogP contribution is 2.28. The molecule has 2 aromatic rings. The van der Waals surface area contributed by atoms with Crippen LogP contribution in [0.4, 0.5) is 5.69 Å². The highest BCUT2D eigenvalue weighted by atomic mass is 16.4. The van der Waals surface area contributed by atoms with E-state index in [-0.39, 0.29) is 24.7 Å². The van der Waals surface area contributed by atoms with E-state index in [9.17, 15) is 19.5 Å². The molecule has 2 heterocycles. The number of carbonyl (C=O) groups is 3. The van der Waals surface area contributed by atoms with Crippen molar-refractivity contribution < 1.29 is 19.5 Å². The molecule has 0 spiro atoms. The number of nitrogens with zero attached hydrogens (tertiary/aromatic N) is 4. The lowest BCUT2D eigenvalue weighted by Gasteiger charge is -2.32. The summed E-state index contributed by atoms with van der Waals surface area (Å²) in [5, 5.41) is 9.27. The number of carbonyl (C=O) groups excluding carboxylic acids is 2. The topological polar surface area (TPSA) is 94.1 Å². The zero-order valence-electron chi connectivity index (χ0n) is 21.7. The van der Waals surface area contributed by atoms with Crippen LogP contribution in [0.25, 0.3) is 0 Å². The van der Waals surface area contributed by atoms with E-state index in [1.54, 1.807) is 18.0 Å². The molecular formula is C28H38N4O4. The van der Waals surface area contributed by atoms with E-state index >= 15 is 0 Å². The SMILES string of the molecule is CC(=O)N1CCCN(Cc2ccccn2)CCCN(C(=O)CC(C)(C)CC(=O)O)Cc2ccccc21. The summed E-state index contributed by atoms with van der Waals surface area (Å²) in [5.74, 6) is -1.01. The Morgan fingerprint density at radius 2 is 1.64 bits per heavy atom. The van der Waals surface area contributed by atoms with Crippen LogP contribution in [0.3, 0.4) is 0 Å². The van der Waals surface area contributed by atoms with Crippen LogP contribution >= 0.6 is 0 Å². The van der Waals surface area contributed by atoms with Crippen molar-refractivity contribution in [2.45, 2.75) is 59.5 Å². The van der Waals surface area contributed by atoms with Crippen molar-refractivity contribution in [3.63, 3.8) is 0 Å². The summed E-state index contributed by atoms with van der Waals surface area (Å²) in [4.78, 5) is 47.8. The lowest BCUT2D eigenvalue weighted by Crippen LogP contribution is -2.39. The van der Waals surface area contributed by atoms with Gasteiger partial charge in [-0.1, -0.05) is 38.1 Å². The second-order valence-electron chi connectivity index (χ2n) is 10.3. The molecule has 3 rings (SSSR count). The van der Waals surface area contributed by atoms with Crippen molar-refractivity contribution in [2.24, 2.45) is 5.41 Å². The minimum absolute atomic E-state index is 0.0312. The fourth-order valence-corrected chi connectivity index (χ4v) is 4.77. The lowest BCUT2D eigenvalue weighted by molar-refractivity contribution is -0.141. The van der Waals surface area contributed by atoms with Crippen molar-refractivity contribution in [3.8, 4) is 0 Å². The number of carboxylic acid groups (broad SMARTS) is 1. The number of hydrogen-bond donors (Lipinski definition) is 1. The average molecular weight is 495 g/mol. The maximum absolute atomic E-state index is 13.4. The first kappa shape index (κ1) is 27.3. The highest BCUT2D eigenvalue weighted by Gasteiger charge is 2.29. The standard InChI is InChI=1S/C28H38N4O4/c1-22(33)32-17-9-15-30(21-24-11-6-7-13-29-24)14-8-16-31(20-23-10-4-5-12-25(23)32)26(34)18-28(2,3)19-27(35)36/h4-7,10-13H,8-9,14-21H2,1-3H3,(H,35,36). The predicted molar refractivity (Wildman–Crippen MR) is 139 cm³/mol. The van der Waals surface area contributed by atoms with E-state index in [1.165, 1.54) is 0 Å². The van der Waals surface area contributed by atoms with Crippen LogP contribution in [0.1, 0.15) is 57.7 Å². The lowest BCUT2D eigenvalue weighted by atomic mass is 9.85. The van der Waals surface area contributed by atoms with Crippen molar-refractivity contribution in [2.75, 3.05) is 31.1 Å². The molecule has 1 aromatic heterocycles. The van der Waals surface area contributed by atoms with Crippen LogP contribution in [-0.2, 0) is 27.5 Å². The Labute approximate surface area is 213 Å². The summed E-state index contributed by atoms with van der Waals surface area (Å²) in [6, 6.07) is 13.6. The van der Waals surface area contributed by atoms with Gasteiger partial charge in [0.25, 0.3) is 0 Å². The van der Waals surface area contributed by atoms with E-state index in [2.05, 4.69) is 9.88 Å². The molecule has 1 aliphatic heterocycles. The Hall–Kier alpha value is -3.26. The maximum Gasteiger partial charge on any atom is 0.303 e. The number of carboxylic acids is 1. The van der Waals surface area contributed by atoms with Gasteiger partial charge in [0.1, 0.15) is 0 Å². The summed E-state index contributed by atoms with van der Waals surface area (Å²) in [7, 11) is 0. The number of para-hydroxylation sites is 1. The molecule has 8 nitrogen and oxygen atoms in total. The number of hydrogen-bond acceptors (Lipinski definition) is 5. The third-order valence-electron chi connectivity index (χ3n) is 6.51. The van der Waals surface area contributed by atoms with Gasteiger partial charge in [-0.3, -0.25) is 24.3 Å². The predicted octanol–water partition coefficient (Wildman–Crippen LogP) is 3.95. The molecule has 1 aromatic carbocycles. The van der Waals surface area contributed by atoms with Gasteiger partial charge in [-0.25, -0.2) is 0 Å². The highest BCUT2D eigenvalue weighted by molar-refractivity contribution is 5.92. The van der Waals surface area contributed by atoms with Crippen molar-refractivity contribution in [1.29, 1.82) is 0 Å². The van der Waals surface area contributed by atoms with Gasteiger partial charge in [-0.05, 0) is 42.0 Å². The molecule has 0 bridgehead atoms. The third-order valence-corrected chi connectivity index (χ3v) is 6.51. The van der Waals surface area contributed by atoms with Crippen LogP contribution in [0, 0.1) is 5.41 Å². The average Bonchev–Trinajstić information content (AvgIpc) is 2.79. The van der Waals surface area contributed by atoms with E-state index in [1.807, 2.05) is 61.2 Å². The van der Waals surface area contributed by atoms with Crippen molar-refractivity contribution in [1.82, 2.24) is 14.8 Å². The van der Waals surface area contributed by atoms with Gasteiger partial charge in [-0.15, -0.1) is 0 Å². The second-order valence-corrected chi connectivity index (χ2v) is 10.3. The van der Waals surface area contributed by atoms with E-state index < -0.39 is 11.4 Å². The van der Waals surface area contributed by atoms with Crippen LogP contribution in [-0.4, -0.2) is 63.9 Å². The van der Waals surface area contributed by atoms with Gasteiger partial charge in [0.15, 0.2) is 0 Å². The van der Waals surface area contributed by atoms with Crippen LogP contribution in [0.5, 0.6) is 0 Å². The fourth-order valence-electron chi connectivity index (χ4n) is 4.77. The van der Waals surface area contributed by atoms with Gasteiger partial charge in [0.2, 0.25) is 11.8 Å². The fraction of sp³-hybridized carbons (Fsp3) is 0.500. The second kappa shape index (κ2) is 12.6. The summed E-state index contributed by atoms with van der Waals surface area (Å²) >= 11 is 0. The minimum atomic E-state index is -0.908. The molecule has 2 amide bonds. The molecule has 0 aliphatic carbocycles. The quantitative estimate of drug-likeness (QED) is 0.654. The molecular weight excluding hydrogens is 456 g/mol. The molecule has 194 valence electrons. The summed E-state index contributed by atoms with van der Waals surface area (Å²) in [5.41, 5.74) is 2.08. The number of aromatic nitrogens is 1. The molecule has 0 saturated heterocycles. The first-order chi connectivity index (χ1) is 17.1. The van der Waals surface area contributed by atoms with E-state index in [4.69, 9.17) is 0 Å². The molecule has 0 atom stereocenters. The van der Waals surface area contributed by atoms with Crippen molar-refractivity contribution in [3.05, 3.63) is 59.9 Å². The molecule has 36 heavy (non-hydrogen) atoms. The van der Waals surface area contributed by atoms with Crippen LogP contribution < -0.4 is 4.90 Å². The zero-order valence-corrected chi connectivity index (χ0v) is 21.7. The molecule has 1 aliphatic rings. The molecule has 0 fully saturated rings. The van der Waals surface area contributed by atoms with Gasteiger partial charge in [-0.2, -0.15) is 0 Å². The summed E-state index contributed by atoms with van der Waals surface area (Å²) in [6.45, 7) is 9.03. The van der Waals surface area contributed by atoms with Gasteiger partial charge < -0.3 is 14.9 Å². The summed E-state index contributed by atoms with van der Waals surface area (Å²) in [6.07, 6.45) is 3.48. The molecule has 0 saturated carbocycles. The maximum atomic E-state index is 13.4. The molecule has 0 radical (unpaired) electrons. The number of amides is 2. The molecule has 1 N–H and O–H groups in total.